The number of anilines is 1. The summed E-state index contributed by atoms with van der Waals surface area (Å²) in [6, 6.07) is 12.0. The van der Waals surface area contributed by atoms with Gasteiger partial charge in [0.1, 0.15) is 17.6 Å². The molecule has 2 rings (SSSR count). The van der Waals surface area contributed by atoms with Gasteiger partial charge in [-0.3, -0.25) is 0 Å². The Bertz CT molecular complexity index is 810. The summed E-state index contributed by atoms with van der Waals surface area (Å²) >= 11 is 0. The standard InChI is InChI=1S/C17H19N3O3S/c1-20(17-9-4-14(12-18)13-19-17)10-3-11-23-15-5-7-16(8-6-15)24(2,21)22/h4-9,13H,3,10-11H2,1-2H3. The number of nitriles is 1. The quantitative estimate of drug-likeness (QED) is 0.716. The maximum Gasteiger partial charge on any atom is 0.175 e. The molecule has 0 unspecified atom stereocenters. The van der Waals surface area contributed by atoms with Gasteiger partial charge in [0, 0.05) is 26.0 Å². The Labute approximate surface area is 142 Å². The van der Waals surface area contributed by atoms with Crippen LogP contribution in [-0.4, -0.2) is 39.9 Å². The molecule has 0 aliphatic carbocycles. The molecule has 1 heterocycles. The molecule has 24 heavy (non-hydrogen) atoms. The van der Waals surface area contributed by atoms with Crippen molar-refractivity contribution in [3.05, 3.63) is 48.2 Å². The zero-order valence-corrected chi connectivity index (χ0v) is 14.5. The molecule has 0 N–H and O–H groups in total. The van der Waals surface area contributed by atoms with E-state index < -0.39 is 9.84 Å². The molecular weight excluding hydrogens is 326 g/mol. The van der Waals surface area contributed by atoms with Crippen LogP contribution in [0.25, 0.3) is 0 Å². The van der Waals surface area contributed by atoms with E-state index in [1.165, 1.54) is 18.4 Å². The Morgan fingerprint density at radius 3 is 2.46 bits per heavy atom. The van der Waals surface area contributed by atoms with Crippen LogP contribution in [0.4, 0.5) is 5.82 Å². The highest BCUT2D eigenvalue weighted by Gasteiger charge is 2.07. The minimum atomic E-state index is -3.18. The van der Waals surface area contributed by atoms with Crippen molar-refractivity contribution in [1.82, 2.24) is 4.98 Å². The molecular formula is C17H19N3O3S. The predicted octanol–water partition coefficient (Wildman–Crippen LogP) is 2.26. The normalized spacial score (nSPS) is 10.9. The number of nitrogens with zero attached hydrogens (tertiary/aromatic N) is 3. The number of benzene rings is 1. The predicted molar refractivity (Wildman–Crippen MR) is 91.9 cm³/mol. The van der Waals surface area contributed by atoms with Crippen LogP contribution in [0.3, 0.4) is 0 Å². The van der Waals surface area contributed by atoms with Crippen molar-refractivity contribution in [3.8, 4) is 11.8 Å². The van der Waals surface area contributed by atoms with E-state index >= 15 is 0 Å². The Hall–Kier alpha value is -2.59. The number of pyridine rings is 1. The molecule has 0 saturated carbocycles. The smallest absolute Gasteiger partial charge is 0.175 e. The number of sulfone groups is 1. The summed E-state index contributed by atoms with van der Waals surface area (Å²) < 4.78 is 28.4. The zero-order valence-electron chi connectivity index (χ0n) is 13.6. The topological polar surface area (TPSA) is 83.3 Å². The van der Waals surface area contributed by atoms with Crippen molar-refractivity contribution in [1.29, 1.82) is 5.26 Å². The summed E-state index contributed by atoms with van der Waals surface area (Å²) in [7, 11) is -1.26. The summed E-state index contributed by atoms with van der Waals surface area (Å²) in [5.74, 6) is 1.44. The van der Waals surface area contributed by atoms with E-state index in [0.717, 1.165) is 18.8 Å². The summed E-state index contributed by atoms with van der Waals surface area (Å²) in [6.45, 7) is 1.26. The molecule has 1 aromatic carbocycles. The minimum absolute atomic E-state index is 0.279. The first kappa shape index (κ1) is 17.8. The maximum atomic E-state index is 11.4. The van der Waals surface area contributed by atoms with Crippen LogP contribution in [0.5, 0.6) is 5.75 Å². The fourth-order valence-electron chi connectivity index (χ4n) is 2.07. The highest BCUT2D eigenvalue weighted by molar-refractivity contribution is 7.90. The average molecular weight is 345 g/mol. The van der Waals surface area contributed by atoms with E-state index in [4.69, 9.17) is 10.00 Å². The molecule has 6 nitrogen and oxygen atoms in total. The summed E-state index contributed by atoms with van der Waals surface area (Å²) in [4.78, 5) is 6.49. The summed E-state index contributed by atoms with van der Waals surface area (Å²) in [5, 5.41) is 8.76. The first-order chi connectivity index (χ1) is 11.4. The summed E-state index contributed by atoms with van der Waals surface area (Å²) in [5.41, 5.74) is 0.535. The molecule has 0 atom stereocenters. The van der Waals surface area contributed by atoms with Crippen LogP contribution < -0.4 is 9.64 Å². The van der Waals surface area contributed by atoms with E-state index in [1.807, 2.05) is 24.1 Å². The first-order valence-corrected chi connectivity index (χ1v) is 9.29. The van der Waals surface area contributed by atoms with Gasteiger partial charge in [-0.05, 0) is 42.8 Å². The second-order valence-electron chi connectivity index (χ2n) is 5.38. The van der Waals surface area contributed by atoms with Crippen LogP contribution in [-0.2, 0) is 9.84 Å². The lowest BCUT2D eigenvalue weighted by Gasteiger charge is -2.18. The Morgan fingerprint density at radius 2 is 1.92 bits per heavy atom. The van der Waals surface area contributed by atoms with Crippen LogP contribution in [0.15, 0.2) is 47.5 Å². The summed E-state index contributed by atoms with van der Waals surface area (Å²) in [6.07, 6.45) is 3.51. The molecule has 0 spiro atoms. The molecule has 0 radical (unpaired) electrons. The van der Waals surface area contributed by atoms with E-state index in [-0.39, 0.29) is 4.90 Å². The Kier molecular flexibility index (Phi) is 5.77. The van der Waals surface area contributed by atoms with Gasteiger partial charge in [0.2, 0.25) is 0 Å². The lowest BCUT2D eigenvalue weighted by molar-refractivity contribution is 0.312. The highest BCUT2D eigenvalue weighted by atomic mass is 32.2. The van der Waals surface area contributed by atoms with Gasteiger partial charge in [-0.15, -0.1) is 0 Å². The van der Waals surface area contributed by atoms with Gasteiger partial charge in [-0.25, -0.2) is 13.4 Å². The van der Waals surface area contributed by atoms with E-state index in [9.17, 15) is 8.42 Å². The molecule has 126 valence electrons. The Balaban J connectivity index is 1.79. The number of ether oxygens (including phenoxy) is 1. The second-order valence-corrected chi connectivity index (χ2v) is 7.40. The second kappa shape index (κ2) is 7.79. The third-order valence-electron chi connectivity index (χ3n) is 3.43. The Morgan fingerprint density at radius 1 is 1.21 bits per heavy atom. The van der Waals surface area contributed by atoms with Crippen molar-refractivity contribution in [3.63, 3.8) is 0 Å². The van der Waals surface area contributed by atoms with Gasteiger partial charge in [0.25, 0.3) is 0 Å². The van der Waals surface area contributed by atoms with Gasteiger partial charge < -0.3 is 9.64 Å². The largest absolute Gasteiger partial charge is 0.494 e. The van der Waals surface area contributed by atoms with Crippen LogP contribution in [0.2, 0.25) is 0 Å². The van der Waals surface area contributed by atoms with E-state index in [1.54, 1.807) is 24.4 Å². The molecule has 1 aromatic heterocycles. The third kappa shape index (κ3) is 4.96. The van der Waals surface area contributed by atoms with Gasteiger partial charge >= 0.3 is 0 Å². The molecule has 0 amide bonds. The molecule has 0 fully saturated rings. The molecule has 2 aromatic rings. The molecule has 7 heteroatoms. The fraction of sp³-hybridized carbons (Fsp3) is 0.294. The van der Waals surface area contributed by atoms with Gasteiger partial charge in [-0.1, -0.05) is 0 Å². The fourth-order valence-corrected chi connectivity index (χ4v) is 2.70. The van der Waals surface area contributed by atoms with Crippen LogP contribution >= 0.6 is 0 Å². The van der Waals surface area contributed by atoms with Gasteiger partial charge in [0.05, 0.1) is 17.1 Å². The van der Waals surface area contributed by atoms with Crippen molar-refractivity contribution >= 4 is 15.7 Å². The van der Waals surface area contributed by atoms with Gasteiger partial charge in [0.15, 0.2) is 9.84 Å². The third-order valence-corrected chi connectivity index (χ3v) is 4.56. The number of aromatic nitrogens is 1. The highest BCUT2D eigenvalue weighted by Crippen LogP contribution is 2.16. The molecule has 0 aliphatic rings. The van der Waals surface area contributed by atoms with Crippen LogP contribution in [0, 0.1) is 11.3 Å². The van der Waals surface area contributed by atoms with Crippen molar-refractivity contribution in [2.24, 2.45) is 0 Å². The van der Waals surface area contributed by atoms with Gasteiger partial charge in [-0.2, -0.15) is 5.26 Å². The SMILES string of the molecule is CN(CCCOc1ccc(S(C)(=O)=O)cc1)c1ccc(C#N)cn1. The van der Waals surface area contributed by atoms with E-state index in [0.29, 0.717) is 17.9 Å². The lowest BCUT2D eigenvalue weighted by atomic mass is 10.3. The molecule has 0 aliphatic heterocycles. The zero-order chi connectivity index (χ0) is 17.6. The van der Waals surface area contributed by atoms with Crippen molar-refractivity contribution in [2.45, 2.75) is 11.3 Å². The van der Waals surface area contributed by atoms with Crippen molar-refractivity contribution in [2.75, 3.05) is 31.4 Å². The lowest BCUT2D eigenvalue weighted by Crippen LogP contribution is -2.21. The van der Waals surface area contributed by atoms with Crippen LogP contribution in [0.1, 0.15) is 12.0 Å². The number of rotatable bonds is 7. The molecule has 0 saturated heterocycles. The number of hydrogen-bond donors (Lipinski definition) is 0. The minimum Gasteiger partial charge on any atom is -0.494 e. The van der Waals surface area contributed by atoms with E-state index in [2.05, 4.69) is 4.98 Å². The monoisotopic (exact) mass is 345 g/mol. The maximum absolute atomic E-state index is 11.4. The molecule has 0 bridgehead atoms. The first-order valence-electron chi connectivity index (χ1n) is 7.40. The van der Waals surface area contributed by atoms with Crippen molar-refractivity contribution < 1.29 is 13.2 Å². The number of hydrogen-bond acceptors (Lipinski definition) is 6. The average Bonchev–Trinajstić information content (AvgIpc) is 2.58.